The minimum absolute atomic E-state index is 0.288. The lowest BCUT2D eigenvalue weighted by atomic mass is 10.2. The van der Waals surface area contributed by atoms with Gasteiger partial charge >= 0.3 is 0 Å². The highest BCUT2D eigenvalue weighted by Crippen LogP contribution is 2.17. The van der Waals surface area contributed by atoms with Crippen LogP contribution >= 0.6 is 0 Å². The molecule has 0 aliphatic carbocycles. The molecule has 1 saturated heterocycles. The molecule has 1 aliphatic rings. The summed E-state index contributed by atoms with van der Waals surface area (Å²) >= 11 is 0. The molecule has 1 atom stereocenters. The van der Waals surface area contributed by atoms with E-state index in [9.17, 15) is 0 Å². The molecular weight excluding hydrogens is 162 g/mol. The number of ether oxygens (including phenoxy) is 1. The largest absolute Gasteiger partial charge is 0.321 e. The second-order valence-electron chi connectivity index (χ2n) is 3.42. The molecule has 70 valence electrons. The van der Waals surface area contributed by atoms with Crippen LogP contribution in [0.25, 0.3) is 0 Å². The van der Waals surface area contributed by atoms with Crippen molar-refractivity contribution in [1.29, 1.82) is 0 Å². The first kappa shape index (κ1) is 8.70. The van der Waals surface area contributed by atoms with E-state index in [1.165, 1.54) is 12.1 Å². The Hall–Kier alpha value is -0.890. The van der Waals surface area contributed by atoms with E-state index in [1.54, 1.807) is 0 Å². The molecule has 0 amide bonds. The van der Waals surface area contributed by atoms with Crippen molar-refractivity contribution < 1.29 is 9.30 Å². The zero-order chi connectivity index (χ0) is 9.10. The second kappa shape index (κ2) is 3.88. The zero-order valence-electron chi connectivity index (χ0n) is 8.07. The summed E-state index contributed by atoms with van der Waals surface area (Å²) in [6, 6.07) is 6.33. The molecule has 0 spiro atoms. The molecule has 0 N–H and O–H groups in total. The summed E-state index contributed by atoms with van der Waals surface area (Å²) in [5.41, 5.74) is 1.36. The number of rotatable bonds is 2. The Labute approximate surface area is 79.2 Å². The van der Waals surface area contributed by atoms with Gasteiger partial charge in [-0.3, -0.25) is 0 Å². The van der Waals surface area contributed by atoms with E-state index in [-0.39, 0.29) is 6.23 Å². The van der Waals surface area contributed by atoms with Crippen molar-refractivity contribution in [2.45, 2.75) is 32.4 Å². The maximum absolute atomic E-state index is 5.64. The van der Waals surface area contributed by atoms with Crippen molar-refractivity contribution in [3.8, 4) is 0 Å². The average molecular weight is 178 g/mol. The van der Waals surface area contributed by atoms with Crippen LogP contribution in [0.1, 0.15) is 31.7 Å². The van der Waals surface area contributed by atoms with Gasteiger partial charge in [0.05, 0.1) is 6.61 Å². The lowest BCUT2D eigenvalue weighted by Crippen LogP contribution is -2.42. The summed E-state index contributed by atoms with van der Waals surface area (Å²) in [5, 5.41) is 0. The predicted molar refractivity (Wildman–Crippen MR) is 50.2 cm³/mol. The van der Waals surface area contributed by atoms with Gasteiger partial charge in [0.25, 0.3) is 6.23 Å². The van der Waals surface area contributed by atoms with Gasteiger partial charge in [-0.15, -0.1) is 0 Å². The van der Waals surface area contributed by atoms with Crippen LogP contribution in [0.4, 0.5) is 0 Å². The van der Waals surface area contributed by atoms with Crippen molar-refractivity contribution in [1.82, 2.24) is 0 Å². The normalized spacial score (nSPS) is 22.1. The number of aryl methyl sites for hydroxylation is 1. The molecule has 2 heterocycles. The van der Waals surface area contributed by atoms with Crippen molar-refractivity contribution in [3.05, 3.63) is 30.1 Å². The number of pyridine rings is 1. The summed E-state index contributed by atoms with van der Waals surface area (Å²) in [6.07, 6.45) is 5.82. The van der Waals surface area contributed by atoms with Crippen molar-refractivity contribution in [2.75, 3.05) is 6.61 Å². The SMILES string of the molecule is CCc1cccc[n+]1C1CCCO1. The Bertz CT molecular complexity index is 279. The molecule has 0 saturated carbocycles. The summed E-state index contributed by atoms with van der Waals surface area (Å²) < 4.78 is 7.90. The van der Waals surface area contributed by atoms with Crippen LogP contribution in [0.3, 0.4) is 0 Å². The number of hydrogen-bond donors (Lipinski definition) is 0. The molecule has 1 fully saturated rings. The van der Waals surface area contributed by atoms with E-state index in [0.29, 0.717) is 0 Å². The van der Waals surface area contributed by atoms with Crippen LogP contribution in [-0.2, 0) is 11.2 Å². The summed E-state index contributed by atoms with van der Waals surface area (Å²) in [5.74, 6) is 0. The van der Waals surface area contributed by atoms with Crippen LogP contribution in [0.5, 0.6) is 0 Å². The molecule has 13 heavy (non-hydrogen) atoms. The molecule has 2 nitrogen and oxygen atoms in total. The molecule has 0 radical (unpaired) electrons. The summed E-state index contributed by atoms with van der Waals surface area (Å²) in [7, 11) is 0. The minimum atomic E-state index is 0.288. The first-order valence-electron chi connectivity index (χ1n) is 5.02. The zero-order valence-corrected chi connectivity index (χ0v) is 8.07. The third kappa shape index (κ3) is 1.73. The molecule has 1 aromatic rings. The van der Waals surface area contributed by atoms with Crippen LogP contribution in [-0.4, -0.2) is 6.61 Å². The number of hydrogen-bond acceptors (Lipinski definition) is 1. The molecule has 1 aliphatic heterocycles. The highest BCUT2D eigenvalue weighted by molar-refractivity contribution is 4.96. The first-order chi connectivity index (χ1) is 6.42. The van der Waals surface area contributed by atoms with Crippen molar-refractivity contribution in [3.63, 3.8) is 0 Å². The van der Waals surface area contributed by atoms with Crippen molar-refractivity contribution in [2.24, 2.45) is 0 Å². The van der Waals surface area contributed by atoms with Crippen LogP contribution in [0.15, 0.2) is 24.4 Å². The van der Waals surface area contributed by atoms with Crippen LogP contribution in [0, 0.1) is 0 Å². The lowest BCUT2D eigenvalue weighted by Gasteiger charge is -2.07. The van der Waals surface area contributed by atoms with E-state index in [1.807, 2.05) is 0 Å². The highest BCUT2D eigenvalue weighted by Gasteiger charge is 2.25. The van der Waals surface area contributed by atoms with E-state index in [4.69, 9.17) is 4.74 Å². The average Bonchev–Trinajstić information content (AvgIpc) is 2.70. The second-order valence-corrected chi connectivity index (χ2v) is 3.42. The fourth-order valence-corrected chi connectivity index (χ4v) is 1.85. The monoisotopic (exact) mass is 178 g/mol. The minimum Gasteiger partial charge on any atom is -0.321 e. The Balaban J connectivity index is 2.26. The third-order valence-corrected chi connectivity index (χ3v) is 2.56. The number of nitrogens with zero attached hydrogens (tertiary/aromatic N) is 1. The summed E-state index contributed by atoms with van der Waals surface area (Å²) in [6.45, 7) is 3.09. The van der Waals surface area contributed by atoms with Gasteiger partial charge in [-0.05, 0) is 6.42 Å². The maximum Gasteiger partial charge on any atom is 0.262 e. The van der Waals surface area contributed by atoms with E-state index in [2.05, 4.69) is 35.9 Å². The van der Waals surface area contributed by atoms with Gasteiger partial charge < -0.3 is 4.74 Å². The van der Waals surface area contributed by atoms with Gasteiger partial charge in [-0.2, -0.15) is 4.57 Å². The molecule has 2 rings (SSSR count). The Morgan fingerprint density at radius 1 is 1.54 bits per heavy atom. The predicted octanol–water partition coefficient (Wildman–Crippen LogP) is 1.85. The van der Waals surface area contributed by atoms with Gasteiger partial charge in [0.2, 0.25) is 0 Å². The van der Waals surface area contributed by atoms with Gasteiger partial charge in [-0.25, -0.2) is 0 Å². The quantitative estimate of drug-likeness (QED) is 0.630. The highest BCUT2D eigenvalue weighted by atomic mass is 16.5. The molecular formula is C11H16NO+. The molecule has 2 heteroatoms. The van der Waals surface area contributed by atoms with E-state index in [0.717, 1.165) is 19.4 Å². The van der Waals surface area contributed by atoms with Gasteiger partial charge in [0.15, 0.2) is 11.9 Å². The Morgan fingerprint density at radius 2 is 2.46 bits per heavy atom. The first-order valence-corrected chi connectivity index (χ1v) is 5.02. The summed E-state index contributed by atoms with van der Waals surface area (Å²) in [4.78, 5) is 0. The molecule has 0 aromatic carbocycles. The Morgan fingerprint density at radius 3 is 3.15 bits per heavy atom. The third-order valence-electron chi connectivity index (χ3n) is 2.56. The van der Waals surface area contributed by atoms with Gasteiger partial charge in [-0.1, -0.05) is 13.0 Å². The van der Waals surface area contributed by atoms with E-state index >= 15 is 0 Å². The fraction of sp³-hybridized carbons (Fsp3) is 0.545. The standard InChI is InChI=1S/C11H16NO/c1-2-10-6-3-4-8-12(10)11-7-5-9-13-11/h3-4,6,8,11H,2,5,7,9H2,1H3/q+1. The fourth-order valence-electron chi connectivity index (χ4n) is 1.85. The van der Waals surface area contributed by atoms with E-state index < -0.39 is 0 Å². The molecule has 0 bridgehead atoms. The molecule has 1 unspecified atom stereocenters. The van der Waals surface area contributed by atoms with Crippen molar-refractivity contribution >= 4 is 0 Å². The van der Waals surface area contributed by atoms with Crippen LogP contribution in [0.2, 0.25) is 0 Å². The molecule has 1 aromatic heterocycles. The smallest absolute Gasteiger partial charge is 0.262 e. The Kier molecular flexibility index (Phi) is 2.60. The topological polar surface area (TPSA) is 13.1 Å². The van der Waals surface area contributed by atoms with Gasteiger partial charge in [0.1, 0.15) is 0 Å². The van der Waals surface area contributed by atoms with Crippen LogP contribution < -0.4 is 4.57 Å². The maximum atomic E-state index is 5.64. The van der Waals surface area contributed by atoms with Gasteiger partial charge in [0, 0.05) is 25.0 Å². The lowest BCUT2D eigenvalue weighted by molar-refractivity contribution is -0.763. The number of aromatic nitrogens is 1.